The Bertz CT molecular complexity index is 900. The summed E-state index contributed by atoms with van der Waals surface area (Å²) in [6.45, 7) is 6.19. The number of carbonyl (C=O) groups excluding carboxylic acids is 1. The Morgan fingerprint density at radius 2 is 1.75 bits per heavy atom. The molecule has 6 heteroatoms. The van der Waals surface area contributed by atoms with Crippen molar-refractivity contribution >= 4 is 28.6 Å². The fourth-order valence-electron chi connectivity index (χ4n) is 2.97. The largest absolute Gasteiger partial charge is 0.497 e. The van der Waals surface area contributed by atoms with Crippen LogP contribution in [0.25, 0.3) is 10.6 Å². The molecule has 1 amide bonds. The number of ether oxygens (including phenoxy) is 1. The third-order valence-electron chi connectivity index (χ3n) is 4.51. The molecule has 0 radical (unpaired) electrons. The monoisotopic (exact) mass is 395 g/mol. The van der Waals surface area contributed by atoms with E-state index in [1.54, 1.807) is 7.11 Å². The average molecular weight is 396 g/mol. The van der Waals surface area contributed by atoms with Gasteiger partial charge in [0.2, 0.25) is 5.91 Å². The Labute approximate surface area is 170 Å². The summed E-state index contributed by atoms with van der Waals surface area (Å²) in [6, 6.07) is 15.7. The van der Waals surface area contributed by atoms with Crippen LogP contribution >= 0.6 is 11.3 Å². The van der Waals surface area contributed by atoms with Crippen molar-refractivity contribution in [3.8, 4) is 16.3 Å². The standard InChI is InChI=1S/C22H25N3O2S/c1-4-25(5-2)19-10-8-17(9-11-19)23-21(26)14-18-15-28-22(24-18)16-6-12-20(27-3)13-7-16/h6-13,15H,4-5,14H2,1-3H3,(H,23,26). The van der Waals surface area contributed by atoms with E-state index in [0.717, 1.165) is 46.5 Å². The highest BCUT2D eigenvalue weighted by molar-refractivity contribution is 7.13. The molecule has 0 saturated carbocycles. The van der Waals surface area contributed by atoms with Gasteiger partial charge in [0.15, 0.2) is 0 Å². The Morgan fingerprint density at radius 3 is 2.36 bits per heavy atom. The number of carbonyl (C=O) groups is 1. The van der Waals surface area contributed by atoms with Crippen LogP contribution in [-0.4, -0.2) is 31.1 Å². The van der Waals surface area contributed by atoms with Crippen LogP contribution in [0.4, 0.5) is 11.4 Å². The van der Waals surface area contributed by atoms with Gasteiger partial charge in [-0.1, -0.05) is 0 Å². The van der Waals surface area contributed by atoms with Crippen molar-refractivity contribution in [2.24, 2.45) is 0 Å². The lowest BCUT2D eigenvalue weighted by atomic mass is 10.2. The first-order chi connectivity index (χ1) is 13.6. The summed E-state index contributed by atoms with van der Waals surface area (Å²) < 4.78 is 5.18. The average Bonchev–Trinajstić information content (AvgIpc) is 3.18. The summed E-state index contributed by atoms with van der Waals surface area (Å²) in [7, 11) is 1.65. The molecular weight excluding hydrogens is 370 g/mol. The zero-order chi connectivity index (χ0) is 19.9. The van der Waals surface area contributed by atoms with Gasteiger partial charge in [-0.05, 0) is 62.4 Å². The lowest BCUT2D eigenvalue weighted by molar-refractivity contribution is -0.115. The van der Waals surface area contributed by atoms with E-state index < -0.39 is 0 Å². The molecule has 1 N–H and O–H groups in total. The minimum Gasteiger partial charge on any atom is -0.497 e. The van der Waals surface area contributed by atoms with Crippen molar-refractivity contribution in [3.05, 3.63) is 59.6 Å². The molecule has 0 bridgehead atoms. The highest BCUT2D eigenvalue weighted by Gasteiger charge is 2.10. The van der Waals surface area contributed by atoms with Crippen LogP contribution < -0.4 is 15.0 Å². The van der Waals surface area contributed by atoms with Crippen molar-refractivity contribution < 1.29 is 9.53 Å². The van der Waals surface area contributed by atoms with Gasteiger partial charge in [-0.15, -0.1) is 11.3 Å². The number of nitrogens with zero attached hydrogens (tertiary/aromatic N) is 2. The van der Waals surface area contributed by atoms with Crippen LogP contribution in [0.5, 0.6) is 5.75 Å². The molecule has 2 aromatic carbocycles. The lowest BCUT2D eigenvalue weighted by Crippen LogP contribution is -2.21. The van der Waals surface area contributed by atoms with Gasteiger partial charge in [-0.3, -0.25) is 4.79 Å². The molecule has 0 atom stereocenters. The van der Waals surface area contributed by atoms with Crippen molar-refractivity contribution in [3.63, 3.8) is 0 Å². The van der Waals surface area contributed by atoms with Crippen LogP contribution in [0.1, 0.15) is 19.5 Å². The van der Waals surface area contributed by atoms with Crippen molar-refractivity contribution in [1.29, 1.82) is 0 Å². The Kier molecular flexibility index (Phi) is 6.66. The fourth-order valence-corrected chi connectivity index (χ4v) is 3.79. The molecule has 1 heterocycles. The molecule has 146 valence electrons. The molecular formula is C22H25N3O2S. The third-order valence-corrected chi connectivity index (χ3v) is 5.45. The lowest BCUT2D eigenvalue weighted by Gasteiger charge is -2.21. The third kappa shape index (κ3) is 4.89. The highest BCUT2D eigenvalue weighted by Crippen LogP contribution is 2.26. The van der Waals surface area contributed by atoms with Gasteiger partial charge in [-0.25, -0.2) is 4.98 Å². The molecule has 0 aliphatic heterocycles. The number of hydrogen-bond acceptors (Lipinski definition) is 5. The number of aromatic nitrogens is 1. The van der Waals surface area contributed by atoms with Gasteiger partial charge in [0.05, 0.1) is 19.2 Å². The van der Waals surface area contributed by atoms with E-state index in [-0.39, 0.29) is 12.3 Å². The SMILES string of the molecule is CCN(CC)c1ccc(NC(=O)Cc2csc(-c3ccc(OC)cc3)n2)cc1. The molecule has 28 heavy (non-hydrogen) atoms. The van der Waals surface area contributed by atoms with E-state index in [4.69, 9.17) is 4.74 Å². The quantitative estimate of drug-likeness (QED) is 0.593. The number of methoxy groups -OCH3 is 1. The maximum Gasteiger partial charge on any atom is 0.230 e. The Morgan fingerprint density at radius 1 is 1.07 bits per heavy atom. The highest BCUT2D eigenvalue weighted by atomic mass is 32.1. The van der Waals surface area contributed by atoms with Crippen molar-refractivity contribution in [1.82, 2.24) is 4.98 Å². The minimum atomic E-state index is -0.0674. The second kappa shape index (κ2) is 9.37. The predicted molar refractivity (Wildman–Crippen MR) is 116 cm³/mol. The van der Waals surface area contributed by atoms with E-state index >= 15 is 0 Å². The van der Waals surface area contributed by atoms with E-state index in [1.165, 1.54) is 11.3 Å². The molecule has 3 aromatic rings. The molecule has 0 saturated heterocycles. The van der Waals surface area contributed by atoms with Crippen molar-refractivity contribution in [2.45, 2.75) is 20.3 Å². The number of benzene rings is 2. The molecule has 0 unspecified atom stereocenters. The Balaban J connectivity index is 1.60. The maximum absolute atomic E-state index is 12.4. The van der Waals surface area contributed by atoms with E-state index in [0.29, 0.717) is 0 Å². The second-order valence-corrected chi connectivity index (χ2v) is 7.17. The van der Waals surface area contributed by atoms with Gasteiger partial charge in [0.25, 0.3) is 0 Å². The maximum atomic E-state index is 12.4. The van der Waals surface area contributed by atoms with Gasteiger partial charge in [-0.2, -0.15) is 0 Å². The molecule has 1 aromatic heterocycles. The summed E-state index contributed by atoms with van der Waals surface area (Å²) in [5, 5.41) is 5.78. The zero-order valence-corrected chi connectivity index (χ0v) is 17.3. The number of thiazole rings is 1. The smallest absolute Gasteiger partial charge is 0.230 e. The van der Waals surface area contributed by atoms with Gasteiger partial charge < -0.3 is 15.0 Å². The van der Waals surface area contributed by atoms with Crippen LogP contribution in [0, 0.1) is 0 Å². The van der Waals surface area contributed by atoms with Crippen LogP contribution in [0.3, 0.4) is 0 Å². The Hall–Kier alpha value is -2.86. The number of amides is 1. The summed E-state index contributed by atoms with van der Waals surface area (Å²) in [6.07, 6.45) is 0.254. The number of nitrogens with one attached hydrogen (secondary N) is 1. The number of anilines is 2. The molecule has 0 fully saturated rings. The minimum absolute atomic E-state index is 0.0674. The van der Waals surface area contributed by atoms with Gasteiger partial charge in [0.1, 0.15) is 10.8 Å². The normalized spacial score (nSPS) is 10.5. The van der Waals surface area contributed by atoms with Gasteiger partial charge in [0, 0.05) is 35.4 Å². The molecule has 3 rings (SSSR count). The summed E-state index contributed by atoms with van der Waals surface area (Å²) in [4.78, 5) is 19.2. The second-order valence-electron chi connectivity index (χ2n) is 6.32. The van der Waals surface area contributed by atoms with Crippen LogP contribution in [0.2, 0.25) is 0 Å². The zero-order valence-electron chi connectivity index (χ0n) is 16.4. The first kappa shape index (κ1) is 19.9. The van der Waals surface area contributed by atoms with E-state index in [9.17, 15) is 4.79 Å². The van der Waals surface area contributed by atoms with Gasteiger partial charge >= 0.3 is 0 Å². The molecule has 0 spiro atoms. The number of hydrogen-bond donors (Lipinski definition) is 1. The predicted octanol–water partition coefficient (Wildman–Crippen LogP) is 4.85. The molecule has 0 aliphatic rings. The van der Waals surface area contributed by atoms with E-state index in [1.807, 2.05) is 53.9 Å². The fraction of sp³-hybridized carbons (Fsp3) is 0.273. The summed E-state index contributed by atoms with van der Waals surface area (Å²) >= 11 is 1.54. The van der Waals surface area contributed by atoms with Crippen LogP contribution in [-0.2, 0) is 11.2 Å². The summed E-state index contributed by atoms with van der Waals surface area (Å²) in [5.41, 5.74) is 3.75. The van der Waals surface area contributed by atoms with E-state index in [2.05, 4.69) is 29.0 Å². The first-order valence-corrected chi connectivity index (χ1v) is 10.2. The number of rotatable bonds is 8. The molecule has 5 nitrogen and oxygen atoms in total. The first-order valence-electron chi connectivity index (χ1n) is 9.36. The molecule has 0 aliphatic carbocycles. The topological polar surface area (TPSA) is 54.5 Å². The summed E-state index contributed by atoms with van der Waals surface area (Å²) in [5.74, 6) is 0.745. The van der Waals surface area contributed by atoms with Crippen molar-refractivity contribution in [2.75, 3.05) is 30.4 Å². The van der Waals surface area contributed by atoms with Crippen LogP contribution in [0.15, 0.2) is 53.9 Å².